The van der Waals surface area contributed by atoms with Gasteiger partial charge in [0.2, 0.25) is 0 Å². The van der Waals surface area contributed by atoms with Crippen molar-refractivity contribution in [3.8, 4) is 5.75 Å². The van der Waals surface area contributed by atoms with Crippen LogP contribution in [-0.2, 0) is 11.3 Å². The zero-order valence-electron chi connectivity index (χ0n) is 11.3. The molecule has 1 aromatic carbocycles. The van der Waals surface area contributed by atoms with Crippen molar-refractivity contribution >= 4 is 22.0 Å². The van der Waals surface area contributed by atoms with Gasteiger partial charge in [0, 0.05) is 30.2 Å². The van der Waals surface area contributed by atoms with Crippen molar-refractivity contribution < 1.29 is 14.3 Å². The predicted octanol–water partition coefficient (Wildman–Crippen LogP) is 2.29. The van der Waals surface area contributed by atoms with E-state index in [4.69, 9.17) is 9.47 Å². The van der Waals surface area contributed by atoms with Gasteiger partial charge in [0.05, 0.1) is 13.2 Å². The molecule has 106 valence electrons. The number of amides is 2. The number of urea groups is 1. The third-order valence-electron chi connectivity index (χ3n) is 2.64. The van der Waals surface area contributed by atoms with E-state index in [1.807, 2.05) is 25.1 Å². The number of nitrogens with one attached hydrogen (secondary N) is 2. The van der Waals surface area contributed by atoms with Crippen LogP contribution in [0.3, 0.4) is 0 Å². The predicted molar refractivity (Wildman–Crippen MR) is 77.4 cm³/mol. The first-order valence-electron chi connectivity index (χ1n) is 5.93. The Kier molecular flexibility index (Phi) is 6.66. The molecule has 5 nitrogen and oxygen atoms in total. The first-order valence-corrected chi connectivity index (χ1v) is 6.73. The van der Waals surface area contributed by atoms with Gasteiger partial charge in [-0.05, 0) is 19.1 Å². The van der Waals surface area contributed by atoms with Crippen molar-refractivity contribution in [3.05, 3.63) is 28.2 Å². The molecule has 0 radical (unpaired) electrons. The Morgan fingerprint density at radius 1 is 1.37 bits per heavy atom. The molecule has 19 heavy (non-hydrogen) atoms. The van der Waals surface area contributed by atoms with Gasteiger partial charge in [0.1, 0.15) is 5.75 Å². The van der Waals surface area contributed by atoms with Gasteiger partial charge in [-0.25, -0.2) is 4.79 Å². The summed E-state index contributed by atoms with van der Waals surface area (Å²) in [6, 6.07) is 5.45. The van der Waals surface area contributed by atoms with Crippen molar-refractivity contribution in [2.45, 2.75) is 19.6 Å². The van der Waals surface area contributed by atoms with Crippen LogP contribution in [0, 0.1) is 0 Å². The summed E-state index contributed by atoms with van der Waals surface area (Å²) in [5, 5.41) is 5.50. The zero-order chi connectivity index (χ0) is 14.3. The molecule has 1 aromatic rings. The molecule has 0 heterocycles. The molecule has 0 aromatic heterocycles. The summed E-state index contributed by atoms with van der Waals surface area (Å²) in [5.74, 6) is 0.736. The average molecular weight is 331 g/mol. The molecule has 0 bridgehead atoms. The fraction of sp³-hybridized carbons (Fsp3) is 0.462. The Hall–Kier alpha value is -1.27. The molecule has 1 atom stereocenters. The van der Waals surface area contributed by atoms with Gasteiger partial charge in [0.15, 0.2) is 0 Å². The number of carbonyl (C=O) groups excluding carboxylic acids is 1. The van der Waals surface area contributed by atoms with Gasteiger partial charge in [-0.3, -0.25) is 0 Å². The lowest BCUT2D eigenvalue weighted by atomic mass is 10.2. The molecule has 0 spiro atoms. The van der Waals surface area contributed by atoms with Crippen LogP contribution >= 0.6 is 15.9 Å². The molecular weight excluding hydrogens is 312 g/mol. The number of carbonyl (C=O) groups is 1. The van der Waals surface area contributed by atoms with Gasteiger partial charge in [-0.2, -0.15) is 0 Å². The first kappa shape index (κ1) is 15.8. The number of methoxy groups -OCH3 is 2. The van der Waals surface area contributed by atoms with Crippen LogP contribution < -0.4 is 15.4 Å². The van der Waals surface area contributed by atoms with E-state index >= 15 is 0 Å². The van der Waals surface area contributed by atoms with Gasteiger partial charge in [0.25, 0.3) is 0 Å². The number of rotatable bonds is 6. The van der Waals surface area contributed by atoms with Crippen LogP contribution in [0.15, 0.2) is 22.7 Å². The summed E-state index contributed by atoms with van der Waals surface area (Å²) in [7, 11) is 3.21. The number of halogens is 1. The Balaban J connectivity index is 2.46. The Morgan fingerprint density at radius 3 is 2.74 bits per heavy atom. The summed E-state index contributed by atoms with van der Waals surface area (Å²) in [6.07, 6.45) is -0.00651. The smallest absolute Gasteiger partial charge is 0.315 e. The second-order valence-electron chi connectivity index (χ2n) is 4.07. The van der Waals surface area contributed by atoms with E-state index in [9.17, 15) is 4.79 Å². The number of hydrogen-bond acceptors (Lipinski definition) is 3. The highest BCUT2D eigenvalue weighted by Gasteiger charge is 2.07. The average Bonchev–Trinajstić information content (AvgIpc) is 2.43. The molecule has 0 saturated carbocycles. The van der Waals surface area contributed by atoms with Gasteiger partial charge in [-0.1, -0.05) is 22.0 Å². The summed E-state index contributed by atoms with van der Waals surface area (Å²) >= 11 is 3.37. The lowest BCUT2D eigenvalue weighted by Crippen LogP contribution is -2.39. The van der Waals surface area contributed by atoms with E-state index in [1.54, 1.807) is 14.2 Å². The standard InChI is InChI=1S/C13H19BrN2O3/c1-9(18-2)7-15-13(17)16-8-10-4-5-11(14)6-12(10)19-3/h4-6,9H,7-8H2,1-3H3,(H2,15,16,17)/t9-/m0/s1. The van der Waals surface area contributed by atoms with Crippen LogP contribution in [0.1, 0.15) is 12.5 Å². The van der Waals surface area contributed by atoms with Crippen molar-refractivity contribution in [2.75, 3.05) is 20.8 Å². The third-order valence-corrected chi connectivity index (χ3v) is 3.13. The monoisotopic (exact) mass is 330 g/mol. The van der Waals surface area contributed by atoms with Gasteiger partial charge in [-0.15, -0.1) is 0 Å². The normalized spacial score (nSPS) is 11.8. The highest BCUT2D eigenvalue weighted by atomic mass is 79.9. The number of hydrogen-bond donors (Lipinski definition) is 2. The summed E-state index contributed by atoms with van der Waals surface area (Å²) < 4.78 is 11.2. The fourth-order valence-corrected chi connectivity index (χ4v) is 1.76. The second kappa shape index (κ2) is 8.01. The maximum atomic E-state index is 11.6. The summed E-state index contributed by atoms with van der Waals surface area (Å²) in [5.41, 5.74) is 0.917. The molecule has 2 N–H and O–H groups in total. The van der Waals surface area contributed by atoms with E-state index in [-0.39, 0.29) is 12.1 Å². The van der Waals surface area contributed by atoms with Crippen LogP contribution in [0.2, 0.25) is 0 Å². The topological polar surface area (TPSA) is 59.6 Å². The highest BCUT2D eigenvalue weighted by molar-refractivity contribution is 9.10. The van der Waals surface area contributed by atoms with Crippen LogP contribution in [0.25, 0.3) is 0 Å². The van der Waals surface area contributed by atoms with E-state index in [1.165, 1.54) is 0 Å². The minimum atomic E-state index is -0.228. The molecule has 1 rings (SSSR count). The van der Waals surface area contributed by atoms with Crippen LogP contribution in [-0.4, -0.2) is 32.9 Å². The molecule has 0 saturated heterocycles. The van der Waals surface area contributed by atoms with Crippen molar-refractivity contribution in [1.82, 2.24) is 10.6 Å². The molecule has 0 aliphatic carbocycles. The molecular formula is C13H19BrN2O3. The summed E-state index contributed by atoms with van der Waals surface area (Å²) in [6.45, 7) is 2.77. The Morgan fingerprint density at radius 2 is 2.11 bits per heavy atom. The first-order chi connectivity index (χ1) is 9.06. The summed E-state index contributed by atoms with van der Waals surface area (Å²) in [4.78, 5) is 11.6. The quantitative estimate of drug-likeness (QED) is 0.841. The number of benzene rings is 1. The molecule has 6 heteroatoms. The minimum Gasteiger partial charge on any atom is -0.496 e. The van der Waals surface area contributed by atoms with E-state index < -0.39 is 0 Å². The molecule has 0 aliphatic heterocycles. The number of ether oxygens (including phenoxy) is 2. The molecule has 0 fully saturated rings. The zero-order valence-corrected chi connectivity index (χ0v) is 12.9. The van der Waals surface area contributed by atoms with Gasteiger partial charge >= 0.3 is 6.03 Å². The van der Waals surface area contributed by atoms with E-state index in [0.717, 1.165) is 15.8 Å². The third kappa shape index (κ3) is 5.48. The molecule has 0 aliphatic rings. The highest BCUT2D eigenvalue weighted by Crippen LogP contribution is 2.23. The Labute approximate surface area is 121 Å². The fourth-order valence-electron chi connectivity index (χ4n) is 1.42. The minimum absolute atomic E-state index is 0.00651. The lowest BCUT2D eigenvalue weighted by Gasteiger charge is -2.13. The van der Waals surface area contributed by atoms with E-state index in [0.29, 0.717) is 13.1 Å². The van der Waals surface area contributed by atoms with Crippen molar-refractivity contribution in [1.29, 1.82) is 0 Å². The maximum Gasteiger partial charge on any atom is 0.315 e. The lowest BCUT2D eigenvalue weighted by molar-refractivity contribution is 0.118. The van der Waals surface area contributed by atoms with E-state index in [2.05, 4.69) is 26.6 Å². The van der Waals surface area contributed by atoms with Crippen LogP contribution in [0.4, 0.5) is 4.79 Å². The SMILES string of the molecule is COc1cc(Br)ccc1CNC(=O)NC[C@H](C)OC. The Bertz CT molecular complexity index is 426. The van der Waals surface area contributed by atoms with Crippen molar-refractivity contribution in [2.24, 2.45) is 0 Å². The van der Waals surface area contributed by atoms with Gasteiger partial charge < -0.3 is 20.1 Å². The second-order valence-corrected chi connectivity index (χ2v) is 4.98. The molecule has 0 unspecified atom stereocenters. The van der Waals surface area contributed by atoms with Crippen LogP contribution in [0.5, 0.6) is 5.75 Å². The molecule has 2 amide bonds. The van der Waals surface area contributed by atoms with Crippen molar-refractivity contribution in [3.63, 3.8) is 0 Å². The largest absolute Gasteiger partial charge is 0.496 e. The maximum absolute atomic E-state index is 11.6.